The van der Waals surface area contributed by atoms with Gasteiger partial charge in [0.05, 0.1) is 12.8 Å². The normalized spacial score (nSPS) is 17.3. The lowest BCUT2D eigenvalue weighted by Gasteiger charge is -2.33. The van der Waals surface area contributed by atoms with Gasteiger partial charge in [-0.2, -0.15) is 0 Å². The Hall–Kier alpha value is -1.22. The molecule has 0 spiro atoms. The van der Waals surface area contributed by atoms with Crippen LogP contribution in [0.25, 0.3) is 0 Å². The van der Waals surface area contributed by atoms with Crippen LogP contribution < -0.4 is 15.4 Å². The molecule has 0 unspecified atom stereocenters. The lowest BCUT2D eigenvalue weighted by molar-refractivity contribution is 0.410. The molecule has 1 fully saturated rings. The lowest BCUT2D eigenvalue weighted by Crippen LogP contribution is -2.39. The quantitative estimate of drug-likeness (QED) is 0.894. The summed E-state index contributed by atoms with van der Waals surface area (Å²) in [5, 5.41) is 0. The van der Waals surface area contributed by atoms with E-state index in [1.165, 1.54) is 11.3 Å². The predicted octanol–water partition coefficient (Wildman–Crippen LogP) is 2.75. The molecule has 0 saturated carbocycles. The monoisotopic (exact) mass is 248 g/mol. The number of nitrogens with two attached hydrogens (primary N) is 1. The third-order valence-electron chi connectivity index (χ3n) is 3.75. The molecule has 1 heterocycles. The van der Waals surface area contributed by atoms with E-state index in [-0.39, 0.29) is 0 Å². The van der Waals surface area contributed by atoms with E-state index in [9.17, 15) is 0 Å². The fraction of sp³-hybridized carbons (Fsp3) is 0.600. The van der Waals surface area contributed by atoms with Crippen LogP contribution in [0.2, 0.25) is 0 Å². The summed E-state index contributed by atoms with van der Waals surface area (Å²) in [6, 6.07) is 6.92. The summed E-state index contributed by atoms with van der Waals surface area (Å²) >= 11 is 0. The maximum atomic E-state index is 5.95. The van der Waals surface area contributed by atoms with Gasteiger partial charge in [0, 0.05) is 19.1 Å². The van der Waals surface area contributed by atoms with Gasteiger partial charge in [-0.05, 0) is 36.5 Å². The van der Waals surface area contributed by atoms with Gasteiger partial charge in [0.25, 0.3) is 0 Å². The maximum Gasteiger partial charge on any atom is 0.142 e. The van der Waals surface area contributed by atoms with E-state index < -0.39 is 0 Å². The third kappa shape index (κ3) is 2.78. The van der Waals surface area contributed by atoms with Crippen LogP contribution in [0.5, 0.6) is 5.75 Å². The fourth-order valence-electron chi connectivity index (χ4n) is 2.45. The van der Waals surface area contributed by atoms with E-state index in [2.05, 4.69) is 36.9 Å². The Labute approximate surface area is 110 Å². The molecule has 0 bridgehead atoms. The maximum absolute atomic E-state index is 5.95. The van der Waals surface area contributed by atoms with Crippen molar-refractivity contribution in [2.45, 2.75) is 38.6 Å². The van der Waals surface area contributed by atoms with E-state index in [1.807, 2.05) is 0 Å². The first kappa shape index (κ1) is 13.2. The Balaban J connectivity index is 2.22. The van der Waals surface area contributed by atoms with E-state index in [0.29, 0.717) is 12.0 Å². The number of benzene rings is 1. The molecule has 3 heteroatoms. The first-order valence-electron chi connectivity index (χ1n) is 6.80. The third-order valence-corrected chi connectivity index (χ3v) is 3.75. The second-order valence-electron chi connectivity index (χ2n) is 5.41. The van der Waals surface area contributed by atoms with E-state index >= 15 is 0 Å². The van der Waals surface area contributed by atoms with Gasteiger partial charge in [0.1, 0.15) is 5.75 Å². The largest absolute Gasteiger partial charge is 0.495 e. The fourth-order valence-corrected chi connectivity index (χ4v) is 2.45. The number of methoxy groups -OCH3 is 1. The van der Waals surface area contributed by atoms with Crippen molar-refractivity contribution in [1.29, 1.82) is 0 Å². The number of rotatable bonds is 3. The van der Waals surface area contributed by atoms with Gasteiger partial charge < -0.3 is 15.4 Å². The first-order valence-corrected chi connectivity index (χ1v) is 6.80. The summed E-state index contributed by atoms with van der Waals surface area (Å²) in [4.78, 5) is 2.38. The van der Waals surface area contributed by atoms with E-state index in [0.717, 1.165) is 31.7 Å². The molecule has 0 aromatic heterocycles. The zero-order valence-electron chi connectivity index (χ0n) is 11.6. The molecule has 2 N–H and O–H groups in total. The summed E-state index contributed by atoms with van der Waals surface area (Å²) in [7, 11) is 1.75. The van der Waals surface area contributed by atoms with Crippen LogP contribution in [0.15, 0.2) is 18.2 Å². The molecular weight excluding hydrogens is 224 g/mol. The summed E-state index contributed by atoms with van der Waals surface area (Å²) in [5.74, 6) is 1.51. The second kappa shape index (κ2) is 5.61. The highest BCUT2D eigenvalue weighted by Gasteiger charge is 2.19. The van der Waals surface area contributed by atoms with Crippen LogP contribution in [0.3, 0.4) is 0 Å². The molecule has 0 radical (unpaired) electrons. The molecule has 1 saturated heterocycles. The summed E-state index contributed by atoms with van der Waals surface area (Å²) < 4.78 is 5.54. The van der Waals surface area contributed by atoms with E-state index in [4.69, 9.17) is 10.5 Å². The average molecular weight is 248 g/mol. The Bertz CT molecular complexity index is 395. The van der Waals surface area contributed by atoms with Gasteiger partial charge in [-0.15, -0.1) is 0 Å². The van der Waals surface area contributed by atoms with Gasteiger partial charge in [0.2, 0.25) is 0 Å². The SMILES string of the molecule is COc1cc(C(C)C)ccc1N1CCC(N)CC1. The van der Waals surface area contributed by atoms with Crippen molar-refractivity contribution in [3.63, 3.8) is 0 Å². The molecule has 1 aromatic carbocycles. The number of nitrogens with zero attached hydrogens (tertiary/aromatic N) is 1. The highest BCUT2D eigenvalue weighted by atomic mass is 16.5. The van der Waals surface area contributed by atoms with Crippen LogP contribution in [0, 0.1) is 0 Å². The minimum Gasteiger partial charge on any atom is -0.495 e. The van der Waals surface area contributed by atoms with Gasteiger partial charge in [0.15, 0.2) is 0 Å². The molecule has 1 aliphatic heterocycles. The highest BCUT2D eigenvalue weighted by Crippen LogP contribution is 2.33. The Morgan fingerprint density at radius 3 is 2.50 bits per heavy atom. The molecule has 2 rings (SSSR count). The highest BCUT2D eigenvalue weighted by molar-refractivity contribution is 5.60. The van der Waals surface area contributed by atoms with Crippen molar-refractivity contribution < 1.29 is 4.74 Å². The molecule has 100 valence electrons. The summed E-state index contributed by atoms with van der Waals surface area (Å²) in [6.07, 6.45) is 2.13. The summed E-state index contributed by atoms with van der Waals surface area (Å²) in [6.45, 7) is 6.46. The predicted molar refractivity (Wildman–Crippen MR) is 76.5 cm³/mol. The first-order chi connectivity index (χ1) is 8.61. The van der Waals surface area contributed by atoms with Crippen molar-refractivity contribution >= 4 is 5.69 Å². The van der Waals surface area contributed by atoms with Crippen molar-refractivity contribution in [3.05, 3.63) is 23.8 Å². The number of anilines is 1. The minimum atomic E-state index is 0.363. The number of piperidine rings is 1. The Morgan fingerprint density at radius 1 is 1.28 bits per heavy atom. The Morgan fingerprint density at radius 2 is 1.94 bits per heavy atom. The van der Waals surface area contributed by atoms with Crippen molar-refractivity contribution in [3.8, 4) is 5.75 Å². The van der Waals surface area contributed by atoms with Crippen molar-refractivity contribution in [1.82, 2.24) is 0 Å². The van der Waals surface area contributed by atoms with Gasteiger partial charge in [-0.25, -0.2) is 0 Å². The number of hydrogen-bond acceptors (Lipinski definition) is 3. The van der Waals surface area contributed by atoms with Crippen LogP contribution in [-0.2, 0) is 0 Å². The molecular formula is C15H24N2O. The minimum absolute atomic E-state index is 0.363. The van der Waals surface area contributed by atoms with Crippen molar-refractivity contribution in [2.75, 3.05) is 25.1 Å². The standard InChI is InChI=1S/C15H24N2O/c1-11(2)12-4-5-14(15(10-12)18-3)17-8-6-13(16)7-9-17/h4-5,10-11,13H,6-9,16H2,1-3H3. The average Bonchev–Trinajstić information content (AvgIpc) is 2.39. The van der Waals surface area contributed by atoms with Gasteiger partial charge in [-0.1, -0.05) is 19.9 Å². The van der Waals surface area contributed by atoms with Crippen LogP contribution in [-0.4, -0.2) is 26.2 Å². The second-order valence-corrected chi connectivity index (χ2v) is 5.41. The molecule has 0 aliphatic carbocycles. The molecule has 18 heavy (non-hydrogen) atoms. The molecule has 0 amide bonds. The van der Waals surface area contributed by atoms with Crippen LogP contribution in [0.1, 0.15) is 38.2 Å². The van der Waals surface area contributed by atoms with Gasteiger partial charge >= 0.3 is 0 Å². The molecule has 0 atom stereocenters. The molecule has 1 aliphatic rings. The molecule has 3 nitrogen and oxygen atoms in total. The smallest absolute Gasteiger partial charge is 0.142 e. The van der Waals surface area contributed by atoms with Crippen molar-refractivity contribution in [2.24, 2.45) is 5.73 Å². The molecule has 1 aromatic rings. The van der Waals surface area contributed by atoms with Gasteiger partial charge in [-0.3, -0.25) is 0 Å². The summed E-state index contributed by atoms with van der Waals surface area (Å²) in [5.41, 5.74) is 8.48. The zero-order valence-corrected chi connectivity index (χ0v) is 11.6. The number of hydrogen-bond donors (Lipinski definition) is 1. The lowest BCUT2D eigenvalue weighted by atomic mass is 10.0. The zero-order chi connectivity index (χ0) is 13.1. The topological polar surface area (TPSA) is 38.5 Å². The van der Waals surface area contributed by atoms with Crippen LogP contribution >= 0.6 is 0 Å². The Kier molecular flexibility index (Phi) is 4.12. The number of ether oxygens (including phenoxy) is 1. The van der Waals surface area contributed by atoms with Crippen LogP contribution in [0.4, 0.5) is 5.69 Å². The van der Waals surface area contributed by atoms with E-state index in [1.54, 1.807) is 7.11 Å².